The lowest BCUT2D eigenvalue weighted by atomic mass is 9.75. The number of piperidine rings is 3. The van der Waals surface area contributed by atoms with Gasteiger partial charge in [0, 0.05) is 38.6 Å². The first-order valence-electron chi connectivity index (χ1n) is 9.89. The first-order chi connectivity index (χ1) is 13.2. The minimum absolute atomic E-state index is 0.0986. The Kier molecular flexibility index (Phi) is 5.50. The van der Waals surface area contributed by atoms with E-state index in [4.69, 9.17) is 5.11 Å². The molecule has 3 N–H and O–H groups in total. The zero-order valence-corrected chi connectivity index (χ0v) is 15.6. The second kappa shape index (κ2) is 8.19. The molecule has 1 aromatic carbocycles. The number of aromatic nitrogens is 3. The van der Waals surface area contributed by atoms with Gasteiger partial charge in [-0.1, -0.05) is 35.5 Å². The van der Waals surface area contributed by atoms with E-state index < -0.39 is 0 Å². The summed E-state index contributed by atoms with van der Waals surface area (Å²) in [5, 5.41) is 20.4. The van der Waals surface area contributed by atoms with E-state index >= 15 is 0 Å². The van der Waals surface area contributed by atoms with Crippen molar-refractivity contribution in [2.75, 3.05) is 19.7 Å². The number of carbonyl (C=O) groups excluding carboxylic acids is 1. The summed E-state index contributed by atoms with van der Waals surface area (Å²) in [5.41, 5.74) is 1.98. The Morgan fingerprint density at radius 3 is 2.93 bits per heavy atom. The van der Waals surface area contributed by atoms with Gasteiger partial charge in [0.1, 0.15) is 6.04 Å². The minimum Gasteiger partial charge on any atom is -0.396 e. The number of nitrogens with zero attached hydrogens (tertiary/aromatic N) is 3. The Morgan fingerprint density at radius 1 is 1.33 bits per heavy atom. The van der Waals surface area contributed by atoms with Gasteiger partial charge in [-0.25, -0.2) is 4.68 Å². The van der Waals surface area contributed by atoms with Crippen molar-refractivity contribution >= 4 is 5.91 Å². The lowest BCUT2D eigenvalue weighted by molar-refractivity contribution is -0.945. The van der Waals surface area contributed by atoms with Crippen LogP contribution in [0.1, 0.15) is 24.1 Å². The third-order valence-corrected chi connectivity index (χ3v) is 6.06. The van der Waals surface area contributed by atoms with Crippen molar-refractivity contribution < 1.29 is 14.8 Å². The monoisotopic (exact) mass is 370 g/mol. The van der Waals surface area contributed by atoms with Gasteiger partial charge in [0.15, 0.2) is 0 Å². The molecule has 0 aliphatic carbocycles. The van der Waals surface area contributed by atoms with Crippen LogP contribution in [0.3, 0.4) is 0 Å². The molecule has 1 aromatic heterocycles. The maximum atomic E-state index is 12.7. The van der Waals surface area contributed by atoms with Crippen LogP contribution in [-0.4, -0.2) is 51.7 Å². The largest absolute Gasteiger partial charge is 0.396 e. The third-order valence-electron chi connectivity index (χ3n) is 6.06. The molecule has 7 nitrogen and oxygen atoms in total. The number of amides is 1. The number of fused-ring (bicyclic) bond motifs is 3. The summed E-state index contributed by atoms with van der Waals surface area (Å²) < 4.78 is 1.90. The summed E-state index contributed by atoms with van der Waals surface area (Å²) in [6.07, 6.45) is 4.67. The molecule has 7 heteroatoms. The maximum absolute atomic E-state index is 12.7. The number of carbonyl (C=O) groups is 1. The quantitative estimate of drug-likeness (QED) is 0.609. The topological polar surface area (TPSA) is 84.5 Å². The highest BCUT2D eigenvalue weighted by molar-refractivity contribution is 5.79. The number of quaternary nitrogens is 1. The van der Waals surface area contributed by atoms with Crippen LogP contribution in [-0.2, 0) is 24.3 Å². The molecule has 3 aliphatic heterocycles. The van der Waals surface area contributed by atoms with Gasteiger partial charge in [0.05, 0.1) is 31.2 Å². The van der Waals surface area contributed by atoms with Gasteiger partial charge >= 0.3 is 0 Å². The van der Waals surface area contributed by atoms with E-state index in [9.17, 15) is 4.79 Å². The molecule has 2 aromatic rings. The van der Waals surface area contributed by atoms with Crippen LogP contribution in [0.15, 0.2) is 36.5 Å². The normalized spacial score (nSPS) is 26.9. The van der Waals surface area contributed by atoms with E-state index in [1.807, 2.05) is 41.2 Å². The summed E-state index contributed by atoms with van der Waals surface area (Å²) >= 11 is 0. The van der Waals surface area contributed by atoms with Crippen LogP contribution in [0.2, 0.25) is 0 Å². The second-order valence-corrected chi connectivity index (χ2v) is 7.81. The summed E-state index contributed by atoms with van der Waals surface area (Å²) in [7, 11) is 0. The fourth-order valence-electron chi connectivity index (χ4n) is 4.62. The molecule has 1 amide bonds. The van der Waals surface area contributed by atoms with E-state index in [-0.39, 0.29) is 18.4 Å². The molecule has 0 saturated carbocycles. The Labute approximate surface area is 159 Å². The van der Waals surface area contributed by atoms with Crippen LogP contribution in [0.4, 0.5) is 0 Å². The van der Waals surface area contributed by atoms with Gasteiger partial charge in [-0.2, -0.15) is 0 Å². The average molecular weight is 370 g/mol. The first kappa shape index (κ1) is 18.1. The lowest BCUT2D eigenvalue weighted by Gasteiger charge is -2.46. The van der Waals surface area contributed by atoms with Crippen molar-refractivity contribution in [3.63, 3.8) is 0 Å². The molecule has 2 bridgehead atoms. The molecule has 3 fully saturated rings. The fraction of sp³-hybridized carbons (Fsp3) is 0.550. The molecule has 144 valence electrons. The molecule has 5 rings (SSSR count). The third kappa shape index (κ3) is 4.20. The number of benzene rings is 1. The molecular weight excluding hydrogens is 342 g/mol. The molecule has 0 spiro atoms. The van der Waals surface area contributed by atoms with Crippen LogP contribution >= 0.6 is 0 Å². The second-order valence-electron chi connectivity index (χ2n) is 7.81. The van der Waals surface area contributed by atoms with Gasteiger partial charge in [-0.05, 0) is 11.5 Å². The van der Waals surface area contributed by atoms with E-state index in [2.05, 4.69) is 15.6 Å². The van der Waals surface area contributed by atoms with E-state index in [1.54, 1.807) is 0 Å². The molecular formula is C20H28N5O2+. The highest BCUT2D eigenvalue weighted by atomic mass is 16.3. The molecule has 3 aliphatic rings. The standard InChI is InChI=1S/C20H27N5O2/c26-9-7-17-12-25(23-22-17)13-18-10-16-6-8-24(18)14-19(16)20(27)21-11-15-4-2-1-3-5-15/h1-5,12,16,18-19,26H,6-11,13-14H2,(H,21,27)/p+1/t16-,18+,19-/m0/s1. The number of nitrogens with one attached hydrogen (secondary N) is 2. The molecule has 3 saturated heterocycles. The zero-order chi connectivity index (χ0) is 18.6. The van der Waals surface area contributed by atoms with Crippen molar-refractivity contribution in [2.24, 2.45) is 11.8 Å². The van der Waals surface area contributed by atoms with Crippen LogP contribution < -0.4 is 10.2 Å². The summed E-state index contributed by atoms with van der Waals surface area (Å²) in [6.45, 7) is 3.59. The zero-order valence-electron chi connectivity index (χ0n) is 15.6. The molecule has 4 heterocycles. The lowest BCUT2D eigenvalue weighted by Crippen LogP contribution is -3.20. The highest BCUT2D eigenvalue weighted by Gasteiger charge is 2.46. The van der Waals surface area contributed by atoms with Crippen molar-refractivity contribution in [2.45, 2.75) is 38.4 Å². The molecule has 1 unspecified atom stereocenters. The van der Waals surface area contributed by atoms with Crippen molar-refractivity contribution in [1.29, 1.82) is 0 Å². The number of aliphatic hydroxyl groups is 1. The highest BCUT2D eigenvalue weighted by Crippen LogP contribution is 2.27. The number of hydrogen-bond donors (Lipinski definition) is 3. The summed E-state index contributed by atoms with van der Waals surface area (Å²) in [4.78, 5) is 14.2. The van der Waals surface area contributed by atoms with Crippen LogP contribution in [0.5, 0.6) is 0 Å². The van der Waals surface area contributed by atoms with E-state index in [1.165, 1.54) is 4.90 Å². The molecule has 27 heavy (non-hydrogen) atoms. The molecule has 4 atom stereocenters. The van der Waals surface area contributed by atoms with E-state index in [0.29, 0.717) is 24.9 Å². The summed E-state index contributed by atoms with van der Waals surface area (Å²) in [6, 6.07) is 10.6. The minimum atomic E-state index is 0.0986. The van der Waals surface area contributed by atoms with Crippen molar-refractivity contribution in [3.05, 3.63) is 47.8 Å². The first-order valence-corrected chi connectivity index (χ1v) is 9.89. The molecule has 0 radical (unpaired) electrons. The van der Waals surface area contributed by atoms with Gasteiger partial charge in [0.25, 0.3) is 0 Å². The van der Waals surface area contributed by atoms with Gasteiger partial charge in [0.2, 0.25) is 5.91 Å². The fourth-order valence-corrected chi connectivity index (χ4v) is 4.62. The van der Waals surface area contributed by atoms with Crippen LogP contribution in [0, 0.1) is 11.8 Å². The maximum Gasteiger partial charge on any atom is 0.229 e. The Bertz CT molecular complexity index is 763. The number of rotatable bonds is 7. The Balaban J connectivity index is 1.32. The van der Waals surface area contributed by atoms with Crippen molar-refractivity contribution in [1.82, 2.24) is 20.3 Å². The predicted octanol–water partition coefficient (Wildman–Crippen LogP) is -0.577. The Hall–Kier alpha value is -2.25. The van der Waals surface area contributed by atoms with Gasteiger partial charge in [-0.3, -0.25) is 4.79 Å². The Morgan fingerprint density at radius 2 is 2.19 bits per heavy atom. The predicted molar refractivity (Wildman–Crippen MR) is 99.8 cm³/mol. The van der Waals surface area contributed by atoms with Gasteiger partial charge < -0.3 is 15.3 Å². The number of aliphatic hydroxyl groups excluding tert-OH is 1. The smallest absolute Gasteiger partial charge is 0.229 e. The summed E-state index contributed by atoms with van der Waals surface area (Å²) in [5.74, 6) is 0.781. The SMILES string of the molecule is O=C(NCc1ccccc1)[C@H]1C[NH+]2CC[C@H]1C[C@@H]2Cn1cc(CCO)nn1. The van der Waals surface area contributed by atoms with Crippen molar-refractivity contribution in [3.8, 4) is 0 Å². The number of hydrogen-bond acceptors (Lipinski definition) is 4. The average Bonchev–Trinajstić information content (AvgIpc) is 3.14. The van der Waals surface area contributed by atoms with E-state index in [0.717, 1.165) is 43.7 Å². The van der Waals surface area contributed by atoms with Gasteiger partial charge in [-0.15, -0.1) is 5.10 Å². The van der Waals surface area contributed by atoms with Crippen LogP contribution in [0.25, 0.3) is 0 Å².